The highest BCUT2D eigenvalue weighted by Gasteiger charge is 2.09. The van der Waals surface area contributed by atoms with Crippen LogP contribution in [0.3, 0.4) is 0 Å². The lowest BCUT2D eigenvalue weighted by Gasteiger charge is -2.19. The van der Waals surface area contributed by atoms with Crippen LogP contribution in [-0.2, 0) is 12.8 Å². The van der Waals surface area contributed by atoms with Crippen LogP contribution < -0.4 is 16.0 Å². The van der Waals surface area contributed by atoms with Gasteiger partial charge in [-0.2, -0.15) is 0 Å². The summed E-state index contributed by atoms with van der Waals surface area (Å²) in [6, 6.07) is 26.2. The normalized spacial score (nSPS) is 13.7. The van der Waals surface area contributed by atoms with Gasteiger partial charge in [-0.05, 0) is 105 Å². The second kappa shape index (κ2) is 13.2. The maximum Gasteiger partial charge on any atom is 0.0378 e. The van der Waals surface area contributed by atoms with Gasteiger partial charge in [0, 0.05) is 35.2 Å². The van der Waals surface area contributed by atoms with Gasteiger partial charge in [0.25, 0.3) is 0 Å². The first-order valence-electron chi connectivity index (χ1n) is 13.5. The molecule has 188 valence electrons. The van der Waals surface area contributed by atoms with E-state index in [1.807, 2.05) is 0 Å². The van der Waals surface area contributed by atoms with E-state index in [1.54, 1.807) is 0 Å². The van der Waals surface area contributed by atoms with Crippen molar-refractivity contribution in [2.45, 2.75) is 91.8 Å². The molecule has 3 aromatic carbocycles. The molecule has 3 aromatic rings. The number of nitrogens with one attached hydrogen (secondary N) is 3. The molecule has 0 heterocycles. The number of rotatable bonds is 13. The van der Waals surface area contributed by atoms with Gasteiger partial charge < -0.3 is 16.0 Å². The minimum absolute atomic E-state index is 0.451. The van der Waals surface area contributed by atoms with Crippen molar-refractivity contribution in [3.8, 4) is 0 Å². The highest BCUT2D eigenvalue weighted by Crippen LogP contribution is 2.25. The second-order valence-corrected chi connectivity index (χ2v) is 10.1. The van der Waals surface area contributed by atoms with Crippen molar-refractivity contribution in [1.29, 1.82) is 0 Å². The summed E-state index contributed by atoms with van der Waals surface area (Å²) in [5.41, 5.74) is 9.04. The van der Waals surface area contributed by atoms with Crippen LogP contribution in [0.25, 0.3) is 0 Å². The molecule has 0 saturated carbocycles. The van der Waals surface area contributed by atoms with Crippen LogP contribution in [0.5, 0.6) is 0 Å². The summed E-state index contributed by atoms with van der Waals surface area (Å²) < 4.78 is 0. The molecular formula is C32H45N3. The molecule has 0 aromatic heterocycles. The first-order valence-corrected chi connectivity index (χ1v) is 13.5. The molecule has 0 aliphatic carbocycles. The van der Waals surface area contributed by atoms with Gasteiger partial charge in [0.15, 0.2) is 0 Å². The third-order valence-electron chi connectivity index (χ3n) is 6.95. The third-order valence-corrected chi connectivity index (χ3v) is 6.95. The predicted octanol–water partition coefficient (Wildman–Crippen LogP) is 8.50. The molecule has 0 radical (unpaired) electrons. The lowest BCUT2D eigenvalue weighted by Crippen LogP contribution is -2.15. The van der Waals surface area contributed by atoms with Crippen LogP contribution in [0.1, 0.15) is 83.1 Å². The fourth-order valence-corrected chi connectivity index (χ4v) is 4.08. The Morgan fingerprint density at radius 1 is 0.514 bits per heavy atom. The van der Waals surface area contributed by atoms with E-state index < -0.39 is 0 Å². The smallest absolute Gasteiger partial charge is 0.0378 e. The number of benzene rings is 3. The van der Waals surface area contributed by atoms with Gasteiger partial charge in [-0.15, -0.1) is 0 Å². The van der Waals surface area contributed by atoms with E-state index in [2.05, 4.69) is 124 Å². The molecule has 0 bridgehead atoms. The topological polar surface area (TPSA) is 36.1 Å². The largest absolute Gasteiger partial charge is 0.383 e. The van der Waals surface area contributed by atoms with Crippen molar-refractivity contribution >= 4 is 17.1 Å². The highest BCUT2D eigenvalue weighted by molar-refractivity contribution is 5.56. The van der Waals surface area contributed by atoms with E-state index >= 15 is 0 Å². The zero-order chi connectivity index (χ0) is 25.2. The first-order chi connectivity index (χ1) is 16.9. The molecular weight excluding hydrogens is 426 g/mol. The Balaban J connectivity index is 1.77. The Morgan fingerprint density at radius 3 is 1.43 bits per heavy atom. The van der Waals surface area contributed by atoms with Crippen LogP contribution >= 0.6 is 0 Å². The monoisotopic (exact) mass is 471 g/mol. The summed E-state index contributed by atoms with van der Waals surface area (Å²) in [7, 11) is 0. The Morgan fingerprint density at radius 2 is 0.943 bits per heavy atom. The van der Waals surface area contributed by atoms with E-state index in [1.165, 1.54) is 39.3 Å². The van der Waals surface area contributed by atoms with Gasteiger partial charge >= 0.3 is 0 Å². The van der Waals surface area contributed by atoms with Crippen LogP contribution in [0.4, 0.5) is 17.1 Å². The standard InChI is InChI=1S/C32H45N3/c1-7-23(4)33-30-15-10-26(11-16-30)20-28-14-19-32(35-25(6)9-3)29(22-28)21-27-12-17-31(18-13-27)34-24(5)8-2/h10-19,22-25,33-35H,7-9,20-21H2,1-6H3. The van der Waals surface area contributed by atoms with Crippen molar-refractivity contribution in [3.05, 3.63) is 89.0 Å². The minimum Gasteiger partial charge on any atom is -0.383 e. The molecule has 0 fully saturated rings. The van der Waals surface area contributed by atoms with Gasteiger partial charge in [-0.1, -0.05) is 57.2 Å². The van der Waals surface area contributed by atoms with Gasteiger partial charge in [0.1, 0.15) is 0 Å². The number of anilines is 3. The molecule has 0 amide bonds. The van der Waals surface area contributed by atoms with E-state index in [9.17, 15) is 0 Å². The summed E-state index contributed by atoms with van der Waals surface area (Å²) in [4.78, 5) is 0. The minimum atomic E-state index is 0.451. The quantitative estimate of drug-likeness (QED) is 0.234. The van der Waals surface area contributed by atoms with Gasteiger partial charge in [-0.3, -0.25) is 0 Å². The van der Waals surface area contributed by atoms with E-state index in [0.717, 1.165) is 32.1 Å². The zero-order valence-electron chi connectivity index (χ0n) is 22.6. The Bertz CT molecular complexity index is 1020. The average molecular weight is 472 g/mol. The van der Waals surface area contributed by atoms with E-state index in [4.69, 9.17) is 0 Å². The Hall–Kier alpha value is -2.94. The molecule has 3 unspecified atom stereocenters. The molecule has 0 aliphatic heterocycles. The van der Waals surface area contributed by atoms with E-state index in [0.29, 0.717) is 18.1 Å². The predicted molar refractivity (Wildman–Crippen MR) is 155 cm³/mol. The molecule has 3 N–H and O–H groups in total. The number of hydrogen-bond acceptors (Lipinski definition) is 3. The maximum absolute atomic E-state index is 3.73. The first kappa shape index (κ1) is 26.7. The Kier molecular flexibility index (Phi) is 10.1. The fourth-order valence-electron chi connectivity index (χ4n) is 4.08. The molecule has 0 spiro atoms. The van der Waals surface area contributed by atoms with Crippen LogP contribution in [0, 0.1) is 0 Å². The molecule has 3 atom stereocenters. The van der Waals surface area contributed by atoms with Crippen LogP contribution in [0.2, 0.25) is 0 Å². The third kappa shape index (κ3) is 8.35. The van der Waals surface area contributed by atoms with Crippen molar-refractivity contribution in [2.75, 3.05) is 16.0 Å². The second-order valence-electron chi connectivity index (χ2n) is 10.1. The average Bonchev–Trinajstić information content (AvgIpc) is 2.87. The maximum atomic E-state index is 3.73. The summed E-state index contributed by atoms with van der Waals surface area (Å²) in [5, 5.41) is 10.8. The SMILES string of the molecule is CCC(C)Nc1ccc(Cc2ccc(NC(C)CC)c(Cc3ccc(NC(C)CC)cc3)c2)cc1. The summed E-state index contributed by atoms with van der Waals surface area (Å²) >= 11 is 0. The van der Waals surface area contributed by atoms with Gasteiger partial charge in [0.05, 0.1) is 0 Å². The highest BCUT2D eigenvalue weighted by atomic mass is 14.9. The molecule has 0 aliphatic rings. The van der Waals surface area contributed by atoms with Crippen molar-refractivity contribution < 1.29 is 0 Å². The summed E-state index contributed by atoms with van der Waals surface area (Å²) in [6.07, 6.45) is 5.22. The van der Waals surface area contributed by atoms with Crippen molar-refractivity contribution in [2.24, 2.45) is 0 Å². The Labute approximate surface area is 213 Å². The van der Waals surface area contributed by atoms with Crippen LogP contribution in [0.15, 0.2) is 66.7 Å². The fraction of sp³-hybridized carbons (Fsp3) is 0.438. The lowest BCUT2D eigenvalue weighted by molar-refractivity contribution is 0.762. The molecule has 3 rings (SSSR count). The molecule has 35 heavy (non-hydrogen) atoms. The van der Waals surface area contributed by atoms with Gasteiger partial charge in [-0.25, -0.2) is 0 Å². The zero-order valence-corrected chi connectivity index (χ0v) is 22.6. The molecule has 3 nitrogen and oxygen atoms in total. The summed E-state index contributed by atoms with van der Waals surface area (Å²) in [5.74, 6) is 0. The lowest BCUT2D eigenvalue weighted by atomic mass is 9.97. The summed E-state index contributed by atoms with van der Waals surface area (Å²) in [6.45, 7) is 13.4. The molecule has 3 heteroatoms. The number of hydrogen-bond donors (Lipinski definition) is 3. The molecule has 0 saturated heterocycles. The van der Waals surface area contributed by atoms with Gasteiger partial charge in [0.2, 0.25) is 0 Å². The van der Waals surface area contributed by atoms with Crippen LogP contribution in [-0.4, -0.2) is 18.1 Å². The van der Waals surface area contributed by atoms with E-state index in [-0.39, 0.29) is 0 Å². The van der Waals surface area contributed by atoms with Crippen molar-refractivity contribution in [1.82, 2.24) is 0 Å². The van der Waals surface area contributed by atoms with Crippen molar-refractivity contribution in [3.63, 3.8) is 0 Å².